The number of carbonyl (C=O) groups excluding carboxylic acids is 2. The fourth-order valence-corrected chi connectivity index (χ4v) is 5.16. The van der Waals surface area contributed by atoms with Crippen LogP contribution in [0.25, 0.3) is 0 Å². The van der Waals surface area contributed by atoms with E-state index in [1.54, 1.807) is 0 Å². The second kappa shape index (κ2) is 10.2. The highest BCUT2D eigenvalue weighted by atomic mass is 32.2. The van der Waals surface area contributed by atoms with Crippen molar-refractivity contribution in [1.82, 2.24) is 9.62 Å². The molecule has 1 heterocycles. The van der Waals surface area contributed by atoms with E-state index in [-0.39, 0.29) is 23.0 Å². The lowest BCUT2D eigenvalue weighted by Gasteiger charge is -2.34. The average molecular weight is 425 g/mol. The number of esters is 1. The van der Waals surface area contributed by atoms with Gasteiger partial charge in [0.1, 0.15) is 0 Å². The number of piperidine rings is 1. The molecule has 0 aliphatic carbocycles. The number of amides is 1. The van der Waals surface area contributed by atoms with E-state index in [1.165, 1.54) is 28.6 Å². The smallest absolute Gasteiger partial charge is 0.338 e. The number of hydrogen-bond donors (Lipinski definition) is 1. The van der Waals surface area contributed by atoms with E-state index in [9.17, 15) is 18.0 Å². The number of nitrogens with zero attached hydrogens (tertiary/aromatic N) is 1. The molecule has 1 aromatic rings. The molecule has 1 aliphatic rings. The Hall–Kier alpha value is -1.93. The van der Waals surface area contributed by atoms with Gasteiger partial charge in [0.2, 0.25) is 10.0 Å². The van der Waals surface area contributed by atoms with Crippen molar-refractivity contribution < 1.29 is 22.7 Å². The molecular weight excluding hydrogens is 392 g/mol. The summed E-state index contributed by atoms with van der Waals surface area (Å²) in [7, 11) is -3.60. The maximum atomic E-state index is 12.9. The molecule has 7 nitrogen and oxygen atoms in total. The van der Waals surface area contributed by atoms with Crippen LogP contribution in [0, 0.1) is 17.8 Å². The lowest BCUT2D eigenvalue weighted by molar-refractivity contribution is -0.124. The minimum absolute atomic E-state index is 0.154. The Labute approximate surface area is 173 Å². The number of rotatable bonds is 8. The minimum atomic E-state index is -3.60. The molecule has 8 heteroatoms. The predicted octanol–water partition coefficient (Wildman–Crippen LogP) is 2.67. The zero-order valence-electron chi connectivity index (χ0n) is 17.7. The third kappa shape index (κ3) is 6.82. The molecule has 0 radical (unpaired) electrons. The number of ether oxygens (including phenoxy) is 1. The summed E-state index contributed by atoms with van der Waals surface area (Å²) >= 11 is 0. The van der Waals surface area contributed by atoms with Crippen LogP contribution in [-0.4, -0.2) is 50.8 Å². The van der Waals surface area contributed by atoms with Crippen LogP contribution in [-0.2, 0) is 19.6 Å². The van der Waals surface area contributed by atoms with Gasteiger partial charge in [0, 0.05) is 19.6 Å². The fourth-order valence-electron chi connectivity index (χ4n) is 3.48. The van der Waals surface area contributed by atoms with Crippen molar-refractivity contribution in [2.45, 2.75) is 45.4 Å². The van der Waals surface area contributed by atoms with Crippen LogP contribution in [0.5, 0.6) is 0 Å². The maximum Gasteiger partial charge on any atom is 0.338 e. The minimum Gasteiger partial charge on any atom is -0.452 e. The topological polar surface area (TPSA) is 92.8 Å². The molecule has 0 bridgehead atoms. The second-order valence-electron chi connectivity index (χ2n) is 8.40. The van der Waals surface area contributed by atoms with Crippen LogP contribution >= 0.6 is 0 Å². The van der Waals surface area contributed by atoms with Gasteiger partial charge in [-0.2, -0.15) is 4.31 Å². The molecule has 2 unspecified atom stereocenters. The lowest BCUT2D eigenvalue weighted by atomic mass is 9.94. The number of hydrogen-bond acceptors (Lipinski definition) is 5. The van der Waals surface area contributed by atoms with E-state index < -0.39 is 16.0 Å². The molecule has 1 aliphatic heterocycles. The van der Waals surface area contributed by atoms with E-state index >= 15 is 0 Å². The van der Waals surface area contributed by atoms with Crippen LogP contribution < -0.4 is 5.32 Å². The molecule has 0 aromatic heterocycles. The molecule has 1 N–H and O–H groups in total. The summed E-state index contributed by atoms with van der Waals surface area (Å²) in [5, 5.41) is 2.69. The van der Waals surface area contributed by atoms with Crippen LogP contribution in [0.4, 0.5) is 0 Å². The Morgan fingerprint density at radius 2 is 1.72 bits per heavy atom. The second-order valence-corrected chi connectivity index (χ2v) is 10.3. The third-order valence-corrected chi connectivity index (χ3v) is 6.79. The first kappa shape index (κ1) is 23.3. The largest absolute Gasteiger partial charge is 0.452 e. The van der Waals surface area contributed by atoms with E-state index in [4.69, 9.17) is 4.74 Å². The fraction of sp³-hybridized carbons (Fsp3) is 0.619. The molecule has 1 fully saturated rings. The molecular formula is C21H32N2O5S. The molecule has 1 aromatic carbocycles. The summed E-state index contributed by atoms with van der Waals surface area (Å²) in [6.45, 7) is 9.40. The van der Waals surface area contributed by atoms with Crippen molar-refractivity contribution in [3.63, 3.8) is 0 Å². The Morgan fingerprint density at radius 1 is 1.14 bits per heavy atom. The first-order valence-electron chi connectivity index (χ1n) is 10.1. The van der Waals surface area contributed by atoms with Crippen molar-refractivity contribution >= 4 is 21.9 Å². The molecule has 0 saturated carbocycles. The van der Waals surface area contributed by atoms with Gasteiger partial charge in [-0.3, -0.25) is 4.79 Å². The van der Waals surface area contributed by atoms with Crippen LogP contribution in [0.2, 0.25) is 0 Å². The van der Waals surface area contributed by atoms with E-state index in [1.807, 2.05) is 0 Å². The SMILES string of the molecule is CC(C)CCNC(=O)COC(=O)c1ccc(S(=O)(=O)N2CC(C)CC(C)C2)cc1. The van der Waals surface area contributed by atoms with Gasteiger partial charge in [-0.1, -0.05) is 27.7 Å². The zero-order valence-corrected chi connectivity index (χ0v) is 18.5. The van der Waals surface area contributed by atoms with Crippen molar-refractivity contribution in [1.29, 1.82) is 0 Å². The number of sulfonamides is 1. The van der Waals surface area contributed by atoms with E-state index in [2.05, 4.69) is 33.0 Å². The van der Waals surface area contributed by atoms with Crippen molar-refractivity contribution in [2.24, 2.45) is 17.8 Å². The quantitative estimate of drug-likeness (QED) is 0.648. The zero-order chi connectivity index (χ0) is 21.6. The summed E-state index contributed by atoms with van der Waals surface area (Å²) in [6, 6.07) is 5.67. The van der Waals surface area contributed by atoms with Crippen LogP contribution in [0.3, 0.4) is 0 Å². The van der Waals surface area contributed by atoms with Gasteiger partial charge in [0.05, 0.1) is 10.5 Å². The standard InChI is InChI=1S/C21H32N2O5S/c1-15(2)9-10-22-20(24)14-28-21(25)18-5-7-19(8-6-18)29(26,27)23-12-16(3)11-17(4)13-23/h5-8,15-17H,9-14H2,1-4H3,(H,22,24). The maximum absolute atomic E-state index is 12.9. The normalized spacial score (nSPS) is 20.4. The summed E-state index contributed by atoms with van der Waals surface area (Å²) in [5.41, 5.74) is 0.208. The third-order valence-electron chi connectivity index (χ3n) is 4.94. The Morgan fingerprint density at radius 3 is 2.28 bits per heavy atom. The van der Waals surface area contributed by atoms with Gasteiger partial charge >= 0.3 is 5.97 Å². The van der Waals surface area contributed by atoms with Crippen LogP contribution in [0.1, 0.15) is 50.9 Å². The molecule has 1 amide bonds. The van der Waals surface area contributed by atoms with Gasteiger partial charge < -0.3 is 10.1 Å². The van der Waals surface area contributed by atoms with Crippen molar-refractivity contribution in [3.8, 4) is 0 Å². The van der Waals surface area contributed by atoms with Crippen molar-refractivity contribution in [2.75, 3.05) is 26.2 Å². The summed E-state index contributed by atoms with van der Waals surface area (Å²) in [4.78, 5) is 24.0. The van der Waals surface area contributed by atoms with Gasteiger partial charge in [-0.25, -0.2) is 13.2 Å². The first-order chi connectivity index (χ1) is 13.6. The summed E-state index contributed by atoms with van der Waals surface area (Å²) in [5.74, 6) is 0.0904. The predicted molar refractivity (Wildman–Crippen MR) is 111 cm³/mol. The van der Waals surface area contributed by atoms with Gasteiger partial charge in [-0.15, -0.1) is 0 Å². The molecule has 2 atom stereocenters. The molecule has 0 spiro atoms. The van der Waals surface area contributed by atoms with Crippen molar-refractivity contribution in [3.05, 3.63) is 29.8 Å². The summed E-state index contributed by atoms with van der Waals surface area (Å²) < 4.78 is 32.3. The molecule has 2 rings (SSSR count). The van der Waals surface area contributed by atoms with Gasteiger partial charge in [0.25, 0.3) is 5.91 Å². The Balaban J connectivity index is 1.93. The monoisotopic (exact) mass is 424 g/mol. The first-order valence-corrected chi connectivity index (χ1v) is 11.6. The van der Waals surface area contributed by atoms with Crippen LogP contribution in [0.15, 0.2) is 29.2 Å². The van der Waals surface area contributed by atoms with E-state index in [0.717, 1.165) is 12.8 Å². The number of nitrogens with one attached hydrogen (secondary N) is 1. The highest BCUT2D eigenvalue weighted by Crippen LogP contribution is 2.26. The van der Waals surface area contributed by atoms with Gasteiger partial charge in [-0.05, 0) is 54.9 Å². The molecule has 29 heavy (non-hydrogen) atoms. The lowest BCUT2D eigenvalue weighted by Crippen LogP contribution is -2.42. The average Bonchev–Trinajstić information content (AvgIpc) is 2.65. The Bertz CT molecular complexity index is 795. The van der Waals surface area contributed by atoms with E-state index in [0.29, 0.717) is 37.4 Å². The van der Waals surface area contributed by atoms with Gasteiger partial charge in [0.15, 0.2) is 6.61 Å². The molecule has 1 saturated heterocycles. The number of carbonyl (C=O) groups is 2. The Kier molecular flexibility index (Phi) is 8.22. The highest BCUT2D eigenvalue weighted by Gasteiger charge is 2.31. The number of benzene rings is 1. The highest BCUT2D eigenvalue weighted by molar-refractivity contribution is 7.89. The summed E-state index contributed by atoms with van der Waals surface area (Å²) in [6.07, 6.45) is 1.87. The molecule has 162 valence electrons.